The molecular weight excluding hydrogens is 336 g/mol. The highest BCUT2D eigenvalue weighted by Gasteiger charge is 2.45. The van der Waals surface area contributed by atoms with Crippen LogP contribution in [0.25, 0.3) is 0 Å². The Labute approximate surface area is 161 Å². The quantitative estimate of drug-likeness (QED) is 0.718. The highest BCUT2D eigenvalue weighted by atomic mass is 16.1. The molecule has 1 amide bonds. The molecule has 0 spiro atoms. The van der Waals surface area contributed by atoms with Crippen LogP contribution in [0.4, 0.5) is 0 Å². The van der Waals surface area contributed by atoms with Gasteiger partial charge in [0.1, 0.15) is 0 Å². The van der Waals surface area contributed by atoms with Crippen molar-refractivity contribution in [3.63, 3.8) is 0 Å². The second-order valence-electron chi connectivity index (χ2n) is 8.13. The summed E-state index contributed by atoms with van der Waals surface area (Å²) in [6, 6.07) is 11.4. The highest BCUT2D eigenvalue weighted by Crippen LogP contribution is 2.40. The Morgan fingerprint density at radius 1 is 1.22 bits per heavy atom. The van der Waals surface area contributed by atoms with E-state index in [2.05, 4.69) is 56.7 Å². The summed E-state index contributed by atoms with van der Waals surface area (Å²) in [4.78, 5) is 15.1. The Morgan fingerprint density at radius 3 is 2.78 bits per heavy atom. The molecule has 1 saturated heterocycles. The van der Waals surface area contributed by atoms with Crippen LogP contribution in [0.2, 0.25) is 0 Å². The van der Waals surface area contributed by atoms with Crippen LogP contribution in [0, 0.1) is 18.3 Å². The van der Waals surface area contributed by atoms with Crippen molar-refractivity contribution >= 4 is 5.91 Å². The molecule has 1 aliphatic carbocycles. The molecule has 1 saturated carbocycles. The minimum Gasteiger partial charge on any atom is -0.352 e. The van der Waals surface area contributed by atoms with Gasteiger partial charge < -0.3 is 5.32 Å². The zero-order chi connectivity index (χ0) is 18.7. The van der Waals surface area contributed by atoms with Gasteiger partial charge in [-0.05, 0) is 37.3 Å². The van der Waals surface area contributed by atoms with Crippen molar-refractivity contribution in [1.29, 1.82) is 0 Å². The molecule has 4 rings (SSSR count). The third kappa shape index (κ3) is 4.22. The minimum atomic E-state index is -0.366. The van der Waals surface area contributed by atoms with Crippen LogP contribution in [0.3, 0.4) is 0 Å². The molecule has 0 bridgehead atoms. The Hall–Kier alpha value is -2.19. The second kappa shape index (κ2) is 7.82. The van der Waals surface area contributed by atoms with Crippen molar-refractivity contribution < 1.29 is 4.79 Å². The monoisotopic (exact) mass is 364 g/mol. The van der Waals surface area contributed by atoms with E-state index >= 15 is 0 Å². The number of benzene rings is 1. The summed E-state index contributed by atoms with van der Waals surface area (Å²) < 4.78 is 0. The first-order valence-electron chi connectivity index (χ1n) is 10.1. The minimum absolute atomic E-state index is 0.129. The van der Waals surface area contributed by atoms with E-state index in [0.717, 1.165) is 31.8 Å². The fraction of sp³-hybridized carbons (Fsp3) is 0.591. The number of carbonyl (C=O) groups excluding carboxylic acids is 1. The van der Waals surface area contributed by atoms with Gasteiger partial charge >= 0.3 is 0 Å². The standard InChI is InChI=1S/C22H28N4O/c1-2-3-13-22(24-25-22)14-11-20(27)23-19-10-9-18-12-15-26(21(18)19)16-17-7-5-4-6-8-17/h1,4-8,18-19,21H,3,9-16H2,(H,23,27)/t18-,19+,21+/m0/s1. The Kier molecular flexibility index (Phi) is 5.27. The van der Waals surface area contributed by atoms with E-state index in [4.69, 9.17) is 6.42 Å². The molecule has 3 aliphatic rings. The fourth-order valence-electron chi connectivity index (χ4n) is 4.83. The SMILES string of the molecule is C#CCCC1(CCC(=O)N[C@@H]2CC[C@H]3CCN(Cc4ccccc4)[C@H]32)N=N1. The molecule has 27 heavy (non-hydrogen) atoms. The van der Waals surface area contributed by atoms with Crippen molar-refractivity contribution in [1.82, 2.24) is 10.2 Å². The molecule has 5 heteroatoms. The maximum Gasteiger partial charge on any atom is 0.220 e. The van der Waals surface area contributed by atoms with Crippen LogP contribution in [0.5, 0.6) is 0 Å². The van der Waals surface area contributed by atoms with Gasteiger partial charge in [0.15, 0.2) is 5.66 Å². The Bertz CT molecular complexity index is 732. The molecule has 3 atom stereocenters. The summed E-state index contributed by atoms with van der Waals surface area (Å²) in [5.74, 6) is 3.48. The number of likely N-dealkylation sites (tertiary alicyclic amines) is 1. The molecule has 1 aromatic carbocycles. The molecule has 1 aromatic rings. The van der Waals surface area contributed by atoms with Crippen LogP contribution in [-0.2, 0) is 11.3 Å². The van der Waals surface area contributed by atoms with Crippen LogP contribution < -0.4 is 5.32 Å². The van der Waals surface area contributed by atoms with Crippen molar-refractivity contribution in [2.45, 2.75) is 69.2 Å². The third-order valence-corrected chi connectivity index (χ3v) is 6.33. The number of amides is 1. The van der Waals surface area contributed by atoms with Gasteiger partial charge in [-0.15, -0.1) is 12.3 Å². The molecule has 1 N–H and O–H groups in total. The Morgan fingerprint density at radius 2 is 2.04 bits per heavy atom. The van der Waals surface area contributed by atoms with Gasteiger partial charge in [-0.25, -0.2) is 0 Å². The maximum atomic E-state index is 12.5. The first kappa shape index (κ1) is 18.2. The predicted octanol–water partition coefficient (Wildman–Crippen LogP) is 3.51. The van der Waals surface area contributed by atoms with Gasteiger partial charge in [-0.1, -0.05) is 30.3 Å². The number of carbonyl (C=O) groups is 1. The maximum absolute atomic E-state index is 12.5. The predicted molar refractivity (Wildman–Crippen MR) is 105 cm³/mol. The van der Waals surface area contributed by atoms with Gasteiger partial charge in [0.2, 0.25) is 5.91 Å². The molecule has 0 aromatic heterocycles. The van der Waals surface area contributed by atoms with E-state index in [9.17, 15) is 4.79 Å². The summed E-state index contributed by atoms with van der Waals surface area (Å²) in [6.07, 6.45) is 11.5. The number of nitrogens with zero attached hydrogens (tertiary/aromatic N) is 3. The van der Waals surface area contributed by atoms with Gasteiger partial charge in [0.25, 0.3) is 0 Å². The normalized spacial score (nSPS) is 27.9. The van der Waals surface area contributed by atoms with E-state index in [-0.39, 0.29) is 17.6 Å². The smallest absolute Gasteiger partial charge is 0.220 e. The average Bonchev–Trinajstić information content (AvgIpc) is 3.19. The highest BCUT2D eigenvalue weighted by molar-refractivity contribution is 5.76. The van der Waals surface area contributed by atoms with Gasteiger partial charge in [-0.3, -0.25) is 9.69 Å². The summed E-state index contributed by atoms with van der Waals surface area (Å²) in [7, 11) is 0. The lowest BCUT2D eigenvalue weighted by Gasteiger charge is -2.30. The average molecular weight is 364 g/mol. The van der Waals surface area contributed by atoms with E-state index in [1.807, 2.05) is 0 Å². The first-order chi connectivity index (χ1) is 13.2. The number of terminal acetylenes is 1. The van der Waals surface area contributed by atoms with E-state index in [1.54, 1.807) is 0 Å². The number of fused-ring (bicyclic) bond motifs is 1. The number of hydrogen-bond acceptors (Lipinski definition) is 4. The molecule has 2 aliphatic heterocycles. The van der Waals surface area contributed by atoms with Crippen LogP contribution in [0.15, 0.2) is 40.6 Å². The topological polar surface area (TPSA) is 57.1 Å². The molecule has 2 fully saturated rings. The van der Waals surface area contributed by atoms with Crippen molar-refractivity contribution in [3.05, 3.63) is 35.9 Å². The Balaban J connectivity index is 1.29. The zero-order valence-corrected chi connectivity index (χ0v) is 15.8. The molecule has 0 unspecified atom stereocenters. The first-order valence-corrected chi connectivity index (χ1v) is 10.1. The van der Waals surface area contributed by atoms with Crippen molar-refractivity contribution in [2.75, 3.05) is 6.54 Å². The van der Waals surface area contributed by atoms with Gasteiger partial charge in [0, 0.05) is 44.3 Å². The number of nitrogens with one attached hydrogen (secondary N) is 1. The van der Waals surface area contributed by atoms with Crippen molar-refractivity contribution in [3.8, 4) is 12.3 Å². The van der Waals surface area contributed by atoms with Gasteiger partial charge in [-0.2, -0.15) is 10.2 Å². The molecule has 2 heterocycles. The molecule has 0 radical (unpaired) electrons. The second-order valence-corrected chi connectivity index (χ2v) is 8.13. The lowest BCUT2D eigenvalue weighted by Crippen LogP contribution is -2.47. The van der Waals surface area contributed by atoms with Crippen molar-refractivity contribution in [2.24, 2.45) is 16.1 Å². The molecular formula is C22H28N4O. The lowest BCUT2D eigenvalue weighted by molar-refractivity contribution is -0.122. The largest absolute Gasteiger partial charge is 0.352 e. The van der Waals surface area contributed by atoms with E-state index < -0.39 is 0 Å². The van der Waals surface area contributed by atoms with Crippen LogP contribution in [0.1, 0.15) is 50.5 Å². The zero-order valence-electron chi connectivity index (χ0n) is 15.8. The number of hydrogen-bond donors (Lipinski definition) is 1. The lowest BCUT2D eigenvalue weighted by atomic mass is 10.0. The molecule has 5 nitrogen and oxygen atoms in total. The summed E-state index contributed by atoms with van der Waals surface area (Å²) in [5.41, 5.74) is 0.983. The summed E-state index contributed by atoms with van der Waals surface area (Å²) >= 11 is 0. The van der Waals surface area contributed by atoms with Crippen LogP contribution >= 0.6 is 0 Å². The number of rotatable bonds is 8. The van der Waals surface area contributed by atoms with Gasteiger partial charge in [0.05, 0.1) is 0 Å². The third-order valence-electron chi connectivity index (χ3n) is 6.33. The fourth-order valence-corrected chi connectivity index (χ4v) is 4.83. The van der Waals surface area contributed by atoms with E-state index in [1.165, 1.54) is 18.4 Å². The van der Waals surface area contributed by atoms with Crippen LogP contribution in [-0.4, -0.2) is 35.1 Å². The van der Waals surface area contributed by atoms with E-state index in [0.29, 0.717) is 25.3 Å². The molecule has 142 valence electrons. The summed E-state index contributed by atoms with van der Waals surface area (Å²) in [5, 5.41) is 11.6. The summed E-state index contributed by atoms with van der Waals surface area (Å²) in [6.45, 7) is 2.10.